The van der Waals surface area contributed by atoms with Crippen LogP contribution in [-0.2, 0) is 4.79 Å². The molecule has 0 radical (unpaired) electrons. The molecule has 0 bridgehead atoms. The van der Waals surface area contributed by atoms with Crippen molar-refractivity contribution in [3.63, 3.8) is 0 Å². The number of carboxylic acid groups (broad SMARTS) is 1. The maximum absolute atomic E-state index is 10.9. The summed E-state index contributed by atoms with van der Waals surface area (Å²) in [6, 6.07) is 0.285. The van der Waals surface area contributed by atoms with E-state index in [9.17, 15) is 4.79 Å². The molecule has 0 aromatic heterocycles. The molecule has 2 rings (SSSR count). The Morgan fingerprint density at radius 2 is 2.15 bits per heavy atom. The fraction of sp³-hybridized carbons (Fsp3) is 0.889. The van der Waals surface area contributed by atoms with E-state index in [1.165, 1.54) is 0 Å². The van der Waals surface area contributed by atoms with Crippen molar-refractivity contribution in [2.24, 2.45) is 0 Å². The Hall–Kier alpha value is -0.610. The average molecular weight is 184 g/mol. The largest absolute Gasteiger partial charge is 0.480 e. The third-order valence-corrected chi connectivity index (χ3v) is 3.09. The lowest BCUT2D eigenvalue weighted by molar-refractivity contribution is -0.144. The summed E-state index contributed by atoms with van der Waals surface area (Å²) in [5, 5.41) is 8.96. The van der Waals surface area contributed by atoms with E-state index < -0.39 is 5.97 Å². The van der Waals surface area contributed by atoms with Crippen molar-refractivity contribution >= 4 is 5.97 Å². The summed E-state index contributed by atoms with van der Waals surface area (Å²) < 4.78 is 0. The Morgan fingerprint density at radius 1 is 1.46 bits per heavy atom. The molecule has 2 heterocycles. The van der Waals surface area contributed by atoms with Crippen molar-refractivity contribution in [1.82, 2.24) is 9.80 Å². The molecule has 0 spiro atoms. The lowest BCUT2D eigenvalue weighted by Gasteiger charge is -2.43. The third kappa shape index (κ3) is 1.56. The molecule has 2 fully saturated rings. The van der Waals surface area contributed by atoms with E-state index in [0.29, 0.717) is 6.04 Å². The minimum atomic E-state index is -0.646. The first kappa shape index (κ1) is 8.97. The van der Waals surface area contributed by atoms with Gasteiger partial charge in [0.2, 0.25) is 0 Å². The van der Waals surface area contributed by atoms with Crippen LogP contribution in [0.2, 0.25) is 0 Å². The monoisotopic (exact) mass is 184 g/mol. The van der Waals surface area contributed by atoms with Crippen LogP contribution in [0.1, 0.15) is 12.8 Å². The third-order valence-electron chi connectivity index (χ3n) is 3.09. The summed E-state index contributed by atoms with van der Waals surface area (Å²) in [5.74, 6) is -0.646. The van der Waals surface area contributed by atoms with Gasteiger partial charge < -0.3 is 10.0 Å². The maximum Gasteiger partial charge on any atom is 0.320 e. The molecule has 1 unspecified atom stereocenters. The van der Waals surface area contributed by atoms with Crippen LogP contribution in [0.5, 0.6) is 0 Å². The Morgan fingerprint density at radius 3 is 2.69 bits per heavy atom. The lowest BCUT2D eigenvalue weighted by Crippen LogP contribution is -2.59. The Balaban J connectivity index is 1.94. The van der Waals surface area contributed by atoms with Gasteiger partial charge in [-0.05, 0) is 26.4 Å². The predicted octanol–water partition coefficient (Wildman–Crippen LogP) is -0.151. The molecular weight excluding hydrogens is 168 g/mol. The van der Waals surface area contributed by atoms with Crippen LogP contribution in [-0.4, -0.2) is 59.6 Å². The quantitative estimate of drug-likeness (QED) is 0.648. The van der Waals surface area contributed by atoms with Gasteiger partial charge in [0.1, 0.15) is 6.04 Å². The van der Waals surface area contributed by atoms with Gasteiger partial charge in [-0.3, -0.25) is 9.69 Å². The van der Waals surface area contributed by atoms with Gasteiger partial charge >= 0.3 is 5.97 Å². The minimum Gasteiger partial charge on any atom is -0.480 e. The molecule has 2 saturated heterocycles. The van der Waals surface area contributed by atoms with Crippen LogP contribution in [0.25, 0.3) is 0 Å². The second-order valence-corrected chi connectivity index (χ2v) is 4.11. The zero-order valence-corrected chi connectivity index (χ0v) is 7.94. The summed E-state index contributed by atoms with van der Waals surface area (Å²) in [7, 11) is 2.07. The fourth-order valence-corrected chi connectivity index (χ4v) is 2.37. The topological polar surface area (TPSA) is 43.8 Å². The predicted molar refractivity (Wildman–Crippen MR) is 48.6 cm³/mol. The van der Waals surface area contributed by atoms with Crippen LogP contribution in [0.15, 0.2) is 0 Å². The molecule has 74 valence electrons. The minimum absolute atomic E-state index is 0.210. The van der Waals surface area contributed by atoms with E-state index in [4.69, 9.17) is 5.11 Å². The molecule has 4 nitrogen and oxygen atoms in total. The van der Waals surface area contributed by atoms with Gasteiger partial charge in [-0.2, -0.15) is 0 Å². The van der Waals surface area contributed by atoms with Crippen molar-refractivity contribution in [2.75, 3.05) is 26.7 Å². The summed E-state index contributed by atoms with van der Waals surface area (Å²) in [5.41, 5.74) is 0. The van der Waals surface area contributed by atoms with E-state index in [1.54, 1.807) is 0 Å². The number of aliphatic carboxylic acids is 1. The number of rotatable bonds is 2. The Bertz CT molecular complexity index is 214. The maximum atomic E-state index is 10.9. The molecule has 1 N–H and O–H groups in total. The summed E-state index contributed by atoms with van der Waals surface area (Å²) >= 11 is 0. The number of nitrogens with zero attached hydrogens (tertiary/aromatic N) is 2. The SMILES string of the molecule is CN1CC(N2CCCC2C(=O)O)C1. The molecule has 0 aromatic rings. The Labute approximate surface area is 78.1 Å². The standard InChI is InChI=1S/C9H16N2O2/c1-10-5-7(6-10)11-4-2-3-8(11)9(12)13/h7-8H,2-6H2,1H3,(H,12,13). The first-order valence-electron chi connectivity index (χ1n) is 4.85. The van der Waals surface area contributed by atoms with Crippen molar-refractivity contribution in [1.29, 1.82) is 0 Å². The van der Waals surface area contributed by atoms with Crippen molar-refractivity contribution in [2.45, 2.75) is 24.9 Å². The smallest absolute Gasteiger partial charge is 0.320 e. The van der Waals surface area contributed by atoms with Gasteiger partial charge in [0, 0.05) is 19.1 Å². The fourth-order valence-electron chi connectivity index (χ4n) is 2.37. The zero-order valence-electron chi connectivity index (χ0n) is 7.94. The Kier molecular flexibility index (Phi) is 2.26. The van der Waals surface area contributed by atoms with E-state index in [-0.39, 0.29) is 6.04 Å². The normalized spacial score (nSPS) is 31.9. The summed E-state index contributed by atoms with van der Waals surface area (Å²) in [4.78, 5) is 15.3. The molecule has 0 amide bonds. The molecule has 0 aromatic carbocycles. The second-order valence-electron chi connectivity index (χ2n) is 4.11. The molecule has 4 heteroatoms. The van der Waals surface area contributed by atoms with Crippen molar-refractivity contribution in [3.05, 3.63) is 0 Å². The molecule has 2 aliphatic rings. The number of carbonyl (C=O) groups is 1. The molecule has 0 saturated carbocycles. The highest BCUT2D eigenvalue weighted by atomic mass is 16.4. The number of likely N-dealkylation sites (N-methyl/N-ethyl adjacent to an activating group) is 1. The van der Waals surface area contributed by atoms with Gasteiger partial charge in [-0.1, -0.05) is 0 Å². The van der Waals surface area contributed by atoms with Crippen LogP contribution >= 0.6 is 0 Å². The van der Waals surface area contributed by atoms with Crippen LogP contribution < -0.4 is 0 Å². The molecular formula is C9H16N2O2. The highest BCUT2D eigenvalue weighted by Gasteiger charge is 2.39. The number of hydrogen-bond acceptors (Lipinski definition) is 3. The van der Waals surface area contributed by atoms with Crippen LogP contribution in [0.3, 0.4) is 0 Å². The van der Waals surface area contributed by atoms with E-state index in [1.807, 2.05) is 0 Å². The molecule has 2 aliphatic heterocycles. The van der Waals surface area contributed by atoms with Gasteiger partial charge in [-0.15, -0.1) is 0 Å². The molecule has 13 heavy (non-hydrogen) atoms. The average Bonchev–Trinajstić information content (AvgIpc) is 2.45. The number of likely N-dealkylation sites (tertiary alicyclic amines) is 2. The van der Waals surface area contributed by atoms with Crippen LogP contribution in [0, 0.1) is 0 Å². The van der Waals surface area contributed by atoms with E-state index >= 15 is 0 Å². The van der Waals surface area contributed by atoms with Crippen LogP contribution in [0.4, 0.5) is 0 Å². The van der Waals surface area contributed by atoms with Gasteiger partial charge in [0.05, 0.1) is 0 Å². The number of carboxylic acids is 1. The lowest BCUT2D eigenvalue weighted by atomic mass is 10.1. The van der Waals surface area contributed by atoms with E-state index in [0.717, 1.165) is 32.5 Å². The first-order chi connectivity index (χ1) is 6.18. The summed E-state index contributed by atoms with van der Waals surface area (Å²) in [6.45, 7) is 3.03. The first-order valence-corrected chi connectivity index (χ1v) is 4.85. The number of hydrogen-bond donors (Lipinski definition) is 1. The second kappa shape index (κ2) is 3.27. The molecule has 0 aliphatic carbocycles. The van der Waals surface area contributed by atoms with Gasteiger partial charge in [0.25, 0.3) is 0 Å². The van der Waals surface area contributed by atoms with Gasteiger partial charge in [0.15, 0.2) is 0 Å². The van der Waals surface area contributed by atoms with E-state index in [2.05, 4.69) is 16.8 Å². The molecule has 1 atom stereocenters. The van der Waals surface area contributed by atoms with Crippen molar-refractivity contribution in [3.8, 4) is 0 Å². The highest BCUT2D eigenvalue weighted by Crippen LogP contribution is 2.24. The zero-order chi connectivity index (χ0) is 9.42. The van der Waals surface area contributed by atoms with Gasteiger partial charge in [-0.25, -0.2) is 0 Å². The highest BCUT2D eigenvalue weighted by molar-refractivity contribution is 5.73. The summed E-state index contributed by atoms with van der Waals surface area (Å²) in [6.07, 6.45) is 1.87. The van der Waals surface area contributed by atoms with Crippen molar-refractivity contribution < 1.29 is 9.90 Å².